The lowest BCUT2D eigenvalue weighted by atomic mass is 10.2. The number of ether oxygens (including phenoxy) is 1. The molecule has 0 bridgehead atoms. The van der Waals surface area contributed by atoms with Crippen molar-refractivity contribution in [3.05, 3.63) is 48.0 Å². The Morgan fingerprint density at radius 2 is 2.08 bits per heavy atom. The average molecular weight is 395 g/mol. The van der Waals surface area contributed by atoms with Crippen LogP contribution in [0.4, 0.5) is 5.69 Å². The number of sulfonamides is 1. The molecule has 0 aliphatic rings. The van der Waals surface area contributed by atoms with Crippen molar-refractivity contribution in [2.45, 2.75) is 11.3 Å². The maximum atomic E-state index is 12.2. The predicted molar refractivity (Wildman–Crippen MR) is 105 cm³/mol. The molecular weight excluding hydrogens is 376 g/mol. The first-order valence-corrected chi connectivity index (χ1v) is 11.1. The second-order valence-electron chi connectivity index (χ2n) is 5.45. The van der Waals surface area contributed by atoms with Gasteiger partial charge in [-0.1, -0.05) is 23.9 Å². The number of anilines is 1. The van der Waals surface area contributed by atoms with Crippen molar-refractivity contribution in [3.8, 4) is 5.75 Å². The van der Waals surface area contributed by atoms with Crippen LogP contribution < -0.4 is 9.46 Å². The molecule has 1 heterocycles. The molecule has 0 saturated heterocycles. The summed E-state index contributed by atoms with van der Waals surface area (Å²) < 4.78 is 34.1. The number of aromatic nitrogens is 1. The molecule has 0 aliphatic carbocycles. The summed E-state index contributed by atoms with van der Waals surface area (Å²) >= 11 is 3.05. The second-order valence-corrected chi connectivity index (χ2v) is 9.67. The normalized spacial score (nSPS) is 11.6. The summed E-state index contributed by atoms with van der Waals surface area (Å²) in [5, 5.41) is 0. The van der Waals surface area contributed by atoms with Crippen molar-refractivity contribution >= 4 is 49.0 Å². The van der Waals surface area contributed by atoms with Gasteiger partial charge in [-0.15, -0.1) is 11.3 Å². The summed E-state index contributed by atoms with van der Waals surface area (Å²) in [5.41, 5.74) is 2.63. The summed E-state index contributed by atoms with van der Waals surface area (Å²) in [6.45, 7) is 2.03. The number of benzene rings is 2. The monoisotopic (exact) mass is 394 g/mol. The Kier molecular flexibility index (Phi) is 5.51. The first-order valence-electron chi connectivity index (χ1n) is 7.60. The molecule has 0 radical (unpaired) electrons. The summed E-state index contributed by atoms with van der Waals surface area (Å²) in [5.74, 6) is 1.07. The Morgan fingerprint density at radius 1 is 1.24 bits per heavy atom. The number of rotatable bonds is 7. The first-order chi connectivity index (χ1) is 11.9. The third-order valence-electron chi connectivity index (χ3n) is 3.44. The molecule has 132 valence electrons. The largest absolute Gasteiger partial charge is 0.497 e. The molecule has 0 aliphatic heterocycles. The Hall–Kier alpha value is -1.77. The van der Waals surface area contributed by atoms with Gasteiger partial charge < -0.3 is 4.74 Å². The maximum absolute atomic E-state index is 12.2. The highest BCUT2D eigenvalue weighted by Crippen LogP contribution is 2.30. The summed E-state index contributed by atoms with van der Waals surface area (Å²) in [6, 6.07) is 13.0. The van der Waals surface area contributed by atoms with Gasteiger partial charge >= 0.3 is 0 Å². The predicted octanol–water partition coefficient (Wildman–Crippen LogP) is 4.15. The van der Waals surface area contributed by atoms with E-state index in [9.17, 15) is 8.42 Å². The molecule has 0 unspecified atom stereocenters. The Labute approximate surface area is 155 Å². The number of fused-ring (bicyclic) bond motifs is 1. The van der Waals surface area contributed by atoms with E-state index in [1.807, 2.05) is 19.1 Å². The fourth-order valence-electron chi connectivity index (χ4n) is 2.23. The summed E-state index contributed by atoms with van der Waals surface area (Å²) in [4.78, 5) is 4.55. The fraction of sp³-hybridized carbons (Fsp3) is 0.235. The molecule has 0 atom stereocenters. The van der Waals surface area contributed by atoms with E-state index in [4.69, 9.17) is 4.74 Å². The van der Waals surface area contributed by atoms with Crippen molar-refractivity contribution in [1.82, 2.24) is 4.98 Å². The molecular formula is C17H18N2O3S3. The topological polar surface area (TPSA) is 68.3 Å². The van der Waals surface area contributed by atoms with E-state index >= 15 is 0 Å². The molecule has 0 spiro atoms. The van der Waals surface area contributed by atoms with E-state index in [0.29, 0.717) is 17.2 Å². The van der Waals surface area contributed by atoms with Gasteiger partial charge in [-0.05, 0) is 36.8 Å². The van der Waals surface area contributed by atoms with Crippen LogP contribution in [0.25, 0.3) is 10.2 Å². The maximum Gasteiger partial charge on any atom is 0.233 e. The molecule has 0 fully saturated rings. The third-order valence-corrected chi connectivity index (χ3v) is 7.17. The van der Waals surface area contributed by atoms with Gasteiger partial charge in [0, 0.05) is 11.8 Å². The van der Waals surface area contributed by atoms with Gasteiger partial charge in [0.15, 0.2) is 4.34 Å². The number of nitrogens with one attached hydrogen (secondary N) is 1. The summed E-state index contributed by atoms with van der Waals surface area (Å²) in [7, 11) is -1.87. The average Bonchev–Trinajstić information content (AvgIpc) is 2.96. The van der Waals surface area contributed by atoms with Crippen molar-refractivity contribution in [2.75, 3.05) is 23.3 Å². The zero-order valence-electron chi connectivity index (χ0n) is 13.9. The first kappa shape index (κ1) is 18.0. The molecule has 3 aromatic rings. The van der Waals surface area contributed by atoms with Crippen LogP contribution in [0.15, 0.2) is 46.8 Å². The van der Waals surface area contributed by atoms with E-state index in [1.54, 1.807) is 42.7 Å². The van der Waals surface area contributed by atoms with Crippen LogP contribution >= 0.6 is 23.1 Å². The lowest BCUT2D eigenvalue weighted by Crippen LogP contribution is -2.18. The molecule has 25 heavy (non-hydrogen) atoms. The number of thiazole rings is 1. The zero-order chi connectivity index (χ0) is 17.9. The van der Waals surface area contributed by atoms with E-state index in [1.165, 1.54) is 17.3 Å². The third kappa shape index (κ3) is 4.87. The van der Waals surface area contributed by atoms with E-state index in [-0.39, 0.29) is 5.75 Å². The number of hydrogen-bond donors (Lipinski definition) is 1. The molecule has 5 nitrogen and oxygen atoms in total. The van der Waals surface area contributed by atoms with Crippen LogP contribution in [0.1, 0.15) is 5.56 Å². The zero-order valence-corrected chi connectivity index (χ0v) is 16.3. The van der Waals surface area contributed by atoms with Gasteiger partial charge in [0.2, 0.25) is 10.0 Å². The second kappa shape index (κ2) is 7.63. The number of thioether (sulfide) groups is 1. The van der Waals surface area contributed by atoms with Crippen molar-refractivity contribution in [2.24, 2.45) is 0 Å². The fourth-order valence-corrected chi connectivity index (χ4v) is 5.80. The molecule has 1 N–H and O–H groups in total. The van der Waals surface area contributed by atoms with Gasteiger partial charge in [0.25, 0.3) is 0 Å². The summed E-state index contributed by atoms with van der Waals surface area (Å²) in [6.07, 6.45) is 0. The van der Waals surface area contributed by atoms with Crippen LogP contribution in [0.5, 0.6) is 5.75 Å². The lowest BCUT2D eigenvalue weighted by molar-refractivity contribution is 0.415. The van der Waals surface area contributed by atoms with Gasteiger partial charge in [0.05, 0.1) is 28.8 Å². The minimum Gasteiger partial charge on any atom is -0.497 e. The highest BCUT2D eigenvalue weighted by Gasteiger charge is 2.12. The van der Waals surface area contributed by atoms with E-state index < -0.39 is 10.0 Å². The standard InChI is InChI=1S/C17H18N2O3S3/c1-12-6-7-16-15(10-12)18-17(24-16)23-8-9-25(20,21)19-13-4-3-5-14(11-13)22-2/h3-7,10-11,19H,8-9H2,1-2H3. The highest BCUT2D eigenvalue weighted by atomic mass is 32.2. The number of methoxy groups -OCH3 is 1. The minimum atomic E-state index is -3.42. The lowest BCUT2D eigenvalue weighted by Gasteiger charge is -2.08. The minimum absolute atomic E-state index is 0.0177. The van der Waals surface area contributed by atoms with Gasteiger partial charge in [-0.25, -0.2) is 13.4 Å². The van der Waals surface area contributed by atoms with Crippen LogP contribution in [-0.4, -0.2) is 32.0 Å². The molecule has 8 heteroatoms. The number of hydrogen-bond acceptors (Lipinski definition) is 6. The van der Waals surface area contributed by atoms with Crippen LogP contribution in [0.3, 0.4) is 0 Å². The quantitative estimate of drug-likeness (QED) is 0.610. The van der Waals surface area contributed by atoms with Crippen molar-refractivity contribution in [3.63, 3.8) is 0 Å². The molecule has 3 rings (SSSR count). The Morgan fingerprint density at radius 3 is 2.88 bits per heavy atom. The molecule has 0 saturated carbocycles. The molecule has 2 aromatic carbocycles. The smallest absolute Gasteiger partial charge is 0.233 e. The van der Waals surface area contributed by atoms with Gasteiger partial charge in [0.1, 0.15) is 5.75 Å². The number of nitrogens with zero attached hydrogens (tertiary/aromatic N) is 1. The van der Waals surface area contributed by atoms with Crippen LogP contribution in [0, 0.1) is 6.92 Å². The SMILES string of the molecule is COc1cccc(NS(=O)(=O)CCSc2nc3cc(C)ccc3s2)c1. The van der Waals surface area contributed by atoms with Gasteiger partial charge in [-0.2, -0.15) is 0 Å². The Bertz CT molecular complexity index is 984. The van der Waals surface area contributed by atoms with Gasteiger partial charge in [-0.3, -0.25) is 4.72 Å². The molecule has 0 amide bonds. The Balaban J connectivity index is 1.59. The highest BCUT2D eigenvalue weighted by molar-refractivity contribution is 8.02. The van der Waals surface area contributed by atoms with E-state index in [2.05, 4.69) is 15.8 Å². The molecule has 1 aromatic heterocycles. The number of aryl methyl sites for hydroxylation is 1. The van der Waals surface area contributed by atoms with Crippen LogP contribution in [0.2, 0.25) is 0 Å². The van der Waals surface area contributed by atoms with E-state index in [0.717, 1.165) is 14.6 Å². The van der Waals surface area contributed by atoms with Crippen molar-refractivity contribution < 1.29 is 13.2 Å². The van der Waals surface area contributed by atoms with Crippen LogP contribution in [-0.2, 0) is 10.0 Å². The van der Waals surface area contributed by atoms with Crippen molar-refractivity contribution in [1.29, 1.82) is 0 Å².